The number of nitrogens with zero attached hydrogens (tertiary/aromatic N) is 4. The molecule has 4 heterocycles. The number of hydrogen-bond acceptors (Lipinski definition) is 7. The highest BCUT2D eigenvalue weighted by molar-refractivity contribution is 5.99. The van der Waals surface area contributed by atoms with E-state index in [0.717, 1.165) is 19.5 Å². The van der Waals surface area contributed by atoms with Crippen molar-refractivity contribution >= 4 is 17.7 Å². The molecule has 0 radical (unpaired) electrons. The fourth-order valence-electron chi connectivity index (χ4n) is 7.52. The Labute approximate surface area is 238 Å². The molecule has 1 spiro atoms. The van der Waals surface area contributed by atoms with Gasteiger partial charge in [-0.25, -0.2) is 0 Å². The van der Waals surface area contributed by atoms with Crippen LogP contribution in [-0.4, -0.2) is 131 Å². The van der Waals surface area contributed by atoms with E-state index in [2.05, 4.69) is 18.1 Å². The SMILES string of the molecule is C=CCN(CCN1CCOCC1)C(=O)C1N([C@H](C)CO)C(=O)[C@@H]2[C@H](C(=O)N(CC=C)CCC)[C@@]3(C)OC12CC3C. The van der Waals surface area contributed by atoms with E-state index >= 15 is 0 Å². The minimum Gasteiger partial charge on any atom is -0.394 e. The van der Waals surface area contributed by atoms with Gasteiger partial charge in [-0.2, -0.15) is 0 Å². The van der Waals surface area contributed by atoms with Crippen molar-refractivity contribution in [3.63, 3.8) is 0 Å². The number of amides is 3. The molecule has 1 N–H and O–H groups in total. The normalized spacial score (nSPS) is 34.0. The first kappa shape index (κ1) is 30.7. The molecular weight excluding hydrogens is 512 g/mol. The number of fused-ring (bicyclic) bond motifs is 1. The lowest BCUT2D eigenvalue weighted by Gasteiger charge is -2.39. The van der Waals surface area contributed by atoms with Crippen LogP contribution in [-0.2, 0) is 23.9 Å². The molecule has 4 aliphatic heterocycles. The van der Waals surface area contributed by atoms with Crippen molar-refractivity contribution in [2.45, 2.75) is 63.8 Å². The third-order valence-electron chi connectivity index (χ3n) is 9.60. The summed E-state index contributed by atoms with van der Waals surface area (Å²) in [5.74, 6) is -2.18. The zero-order chi connectivity index (χ0) is 29.2. The van der Waals surface area contributed by atoms with E-state index < -0.39 is 35.1 Å². The fourth-order valence-corrected chi connectivity index (χ4v) is 7.52. The van der Waals surface area contributed by atoms with Gasteiger partial charge in [-0.3, -0.25) is 19.3 Å². The Balaban J connectivity index is 1.72. The third-order valence-corrected chi connectivity index (χ3v) is 9.60. The summed E-state index contributed by atoms with van der Waals surface area (Å²) in [6, 6.07) is -1.54. The Morgan fingerprint density at radius 1 is 1.15 bits per heavy atom. The minimum absolute atomic E-state index is 0.0430. The molecule has 10 heteroatoms. The molecule has 0 aromatic heterocycles. The van der Waals surface area contributed by atoms with Crippen molar-refractivity contribution in [1.29, 1.82) is 0 Å². The van der Waals surface area contributed by atoms with Crippen LogP contribution in [0.4, 0.5) is 0 Å². The molecule has 4 saturated heterocycles. The Morgan fingerprint density at radius 3 is 2.35 bits per heavy atom. The summed E-state index contributed by atoms with van der Waals surface area (Å²) in [6.07, 6.45) is 4.67. The average molecular weight is 561 g/mol. The van der Waals surface area contributed by atoms with Crippen LogP contribution in [0, 0.1) is 17.8 Å². The van der Waals surface area contributed by atoms with Crippen LogP contribution in [0.3, 0.4) is 0 Å². The van der Waals surface area contributed by atoms with Gasteiger partial charge in [-0.15, -0.1) is 13.2 Å². The zero-order valence-corrected chi connectivity index (χ0v) is 24.7. The number of hydrogen-bond donors (Lipinski definition) is 1. The Kier molecular flexibility index (Phi) is 9.44. The molecule has 40 heavy (non-hydrogen) atoms. The predicted molar refractivity (Wildman–Crippen MR) is 151 cm³/mol. The number of ether oxygens (including phenoxy) is 2. The van der Waals surface area contributed by atoms with Gasteiger partial charge in [-0.1, -0.05) is 26.0 Å². The maximum absolute atomic E-state index is 14.5. The average Bonchev–Trinajstić information content (AvgIpc) is 3.46. The van der Waals surface area contributed by atoms with Gasteiger partial charge in [-0.05, 0) is 32.6 Å². The highest BCUT2D eigenvalue weighted by Gasteiger charge is 2.80. The summed E-state index contributed by atoms with van der Waals surface area (Å²) in [5.41, 5.74) is -2.02. The van der Waals surface area contributed by atoms with Gasteiger partial charge in [0.05, 0.1) is 43.3 Å². The number of likely N-dealkylation sites (tertiary alicyclic amines) is 1. The second-order valence-corrected chi connectivity index (χ2v) is 12.1. The van der Waals surface area contributed by atoms with Crippen molar-refractivity contribution in [3.8, 4) is 0 Å². The van der Waals surface area contributed by atoms with E-state index in [9.17, 15) is 19.5 Å². The lowest BCUT2D eigenvalue weighted by molar-refractivity contribution is -0.157. The van der Waals surface area contributed by atoms with Crippen LogP contribution in [0.2, 0.25) is 0 Å². The van der Waals surface area contributed by atoms with Crippen molar-refractivity contribution in [2.75, 3.05) is 65.6 Å². The van der Waals surface area contributed by atoms with Gasteiger partial charge in [0.15, 0.2) is 0 Å². The van der Waals surface area contributed by atoms with E-state index in [-0.39, 0.29) is 30.2 Å². The summed E-state index contributed by atoms with van der Waals surface area (Å²) in [7, 11) is 0. The van der Waals surface area contributed by atoms with Crippen molar-refractivity contribution in [2.24, 2.45) is 17.8 Å². The third kappa shape index (κ3) is 5.01. The second kappa shape index (κ2) is 12.3. The van der Waals surface area contributed by atoms with Gasteiger partial charge in [0.25, 0.3) is 0 Å². The highest BCUT2D eigenvalue weighted by atomic mass is 16.5. The monoisotopic (exact) mass is 560 g/mol. The maximum Gasteiger partial charge on any atom is 0.248 e. The van der Waals surface area contributed by atoms with E-state index in [4.69, 9.17) is 9.47 Å². The number of morpholine rings is 1. The van der Waals surface area contributed by atoms with Crippen LogP contribution in [0.25, 0.3) is 0 Å². The number of aliphatic hydroxyl groups is 1. The first-order chi connectivity index (χ1) is 19.1. The molecule has 4 rings (SSSR count). The van der Waals surface area contributed by atoms with Crippen LogP contribution in [0.1, 0.15) is 40.5 Å². The Hall–Kier alpha value is -2.27. The number of aliphatic hydroxyl groups excluding tert-OH is 1. The summed E-state index contributed by atoms with van der Waals surface area (Å²) in [6.45, 7) is 20.5. The molecule has 3 unspecified atom stereocenters. The van der Waals surface area contributed by atoms with E-state index in [1.165, 1.54) is 4.90 Å². The molecule has 4 fully saturated rings. The molecule has 224 valence electrons. The Morgan fingerprint density at radius 2 is 1.77 bits per heavy atom. The van der Waals surface area contributed by atoms with Crippen molar-refractivity contribution < 1.29 is 29.0 Å². The molecule has 0 saturated carbocycles. The molecule has 7 atom stereocenters. The molecule has 0 aliphatic carbocycles. The quantitative estimate of drug-likeness (QED) is 0.337. The van der Waals surface area contributed by atoms with Crippen LogP contribution >= 0.6 is 0 Å². The summed E-state index contributed by atoms with van der Waals surface area (Å²) < 4.78 is 12.3. The summed E-state index contributed by atoms with van der Waals surface area (Å²) in [4.78, 5) is 50.2. The van der Waals surface area contributed by atoms with Gasteiger partial charge in [0.1, 0.15) is 11.6 Å². The van der Waals surface area contributed by atoms with Crippen LogP contribution < -0.4 is 0 Å². The standard InChI is InChI=1S/C30H48N4O6/c1-7-10-32(11-8-2)26(36)23-24-27(37)34(22(5)20-35)25(30(24)19-21(4)29(23,6)40-30)28(38)33(12-9-3)14-13-31-15-17-39-18-16-31/h7,9,21-25,35H,1,3,8,10-20H2,2,4-6H3/t21?,22-,23-,24+,25?,29+,30?/m1/s1. The smallest absolute Gasteiger partial charge is 0.248 e. The lowest BCUT2D eigenvalue weighted by atomic mass is 9.62. The zero-order valence-electron chi connectivity index (χ0n) is 24.7. The molecule has 2 bridgehead atoms. The fraction of sp³-hybridized carbons (Fsp3) is 0.767. The maximum atomic E-state index is 14.5. The molecule has 10 nitrogen and oxygen atoms in total. The number of carbonyl (C=O) groups is 3. The largest absolute Gasteiger partial charge is 0.394 e. The van der Waals surface area contributed by atoms with Gasteiger partial charge >= 0.3 is 0 Å². The van der Waals surface area contributed by atoms with Gasteiger partial charge in [0, 0.05) is 45.8 Å². The van der Waals surface area contributed by atoms with Gasteiger partial charge < -0.3 is 29.3 Å². The van der Waals surface area contributed by atoms with E-state index in [0.29, 0.717) is 52.4 Å². The van der Waals surface area contributed by atoms with Crippen molar-refractivity contribution in [1.82, 2.24) is 19.6 Å². The molecule has 3 amide bonds. The number of carbonyl (C=O) groups excluding carboxylic acids is 3. The molecule has 0 aromatic carbocycles. The molecule has 4 aliphatic rings. The van der Waals surface area contributed by atoms with E-state index in [1.54, 1.807) is 28.9 Å². The number of rotatable bonds is 13. The summed E-state index contributed by atoms with van der Waals surface area (Å²) >= 11 is 0. The topological polar surface area (TPSA) is 103 Å². The van der Waals surface area contributed by atoms with Crippen LogP contribution in [0.15, 0.2) is 25.3 Å². The predicted octanol–water partition coefficient (Wildman–Crippen LogP) is 1.15. The minimum atomic E-state index is -1.14. The van der Waals surface area contributed by atoms with Crippen molar-refractivity contribution in [3.05, 3.63) is 25.3 Å². The van der Waals surface area contributed by atoms with Crippen LogP contribution in [0.5, 0.6) is 0 Å². The molecule has 0 aromatic rings. The highest BCUT2D eigenvalue weighted by Crippen LogP contribution is 2.65. The van der Waals surface area contributed by atoms with Gasteiger partial charge in [0.2, 0.25) is 17.7 Å². The van der Waals surface area contributed by atoms with E-state index in [1.807, 2.05) is 20.8 Å². The lowest BCUT2D eigenvalue weighted by Crippen LogP contribution is -2.59. The Bertz CT molecular complexity index is 985. The summed E-state index contributed by atoms with van der Waals surface area (Å²) in [5, 5.41) is 10.2. The second-order valence-electron chi connectivity index (χ2n) is 12.1. The first-order valence-electron chi connectivity index (χ1n) is 14.8. The first-order valence-corrected chi connectivity index (χ1v) is 14.8. The molecular formula is C30H48N4O6.